The predicted octanol–water partition coefficient (Wildman–Crippen LogP) is 4.62. The molecule has 9 heteroatoms. The topological polar surface area (TPSA) is 101 Å². The number of rotatable bonds is 7. The molecular weight excluding hydrogens is 416 g/mol. The Bertz CT molecular complexity index is 1040. The Kier molecular flexibility index (Phi) is 6.50. The molecule has 6 nitrogen and oxygen atoms in total. The van der Waals surface area contributed by atoms with Crippen molar-refractivity contribution in [2.24, 2.45) is 5.92 Å². The summed E-state index contributed by atoms with van der Waals surface area (Å²) in [4.78, 5) is 23.1. The zero-order chi connectivity index (χ0) is 21.9. The van der Waals surface area contributed by atoms with Crippen LogP contribution in [0.25, 0.3) is 0 Å². The van der Waals surface area contributed by atoms with Crippen molar-refractivity contribution in [2.45, 2.75) is 43.4 Å². The molecule has 160 valence electrons. The molecule has 2 N–H and O–H groups in total. The van der Waals surface area contributed by atoms with E-state index in [0.29, 0.717) is 30.0 Å². The molecule has 0 atom stereocenters. The lowest BCUT2D eigenvalue weighted by Crippen LogP contribution is -2.15. The summed E-state index contributed by atoms with van der Waals surface area (Å²) in [5.41, 5.74) is -1.21. The summed E-state index contributed by atoms with van der Waals surface area (Å²) in [7, 11) is -4.19. The lowest BCUT2D eigenvalue weighted by atomic mass is 9.85. The van der Waals surface area contributed by atoms with Crippen LogP contribution in [0.4, 0.5) is 14.5 Å². The van der Waals surface area contributed by atoms with E-state index in [2.05, 4.69) is 0 Å². The molecular formula is C21H21F2NO5S. The van der Waals surface area contributed by atoms with E-state index < -0.39 is 38.9 Å². The van der Waals surface area contributed by atoms with Gasteiger partial charge in [-0.3, -0.25) is 9.52 Å². The number of hydrogen-bond acceptors (Lipinski definition) is 4. The number of ketones is 1. The fraction of sp³-hybridized carbons (Fsp3) is 0.333. The van der Waals surface area contributed by atoms with Crippen LogP contribution in [0.3, 0.4) is 0 Å². The monoisotopic (exact) mass is 437 g/mol. The second kappa shape index (κ2) is 8.91. The minimum Gasteiger partial charge on any atom is -0.477 e. The van der Waals surface area contributed by atoms with Crippen molar-refractivity contribution in [1.29, 1.82) is 0 Å². The maximum Gasteiger partial charge on any atom is 0.341 e. The van der Waals surface area contributed by atoms with Crippen molar-refractivity contribution < 1.29 is 31.9 Å². The highest BCUT2D eigenvalue weighted by molar-refractivity contribution is 7.92. The summed E-state index contributed by atoms with van der Waals surface area (Å²) in [6, 6.07) is 6.49. The third-order valence-corrected chi connectivity index (χ3v) is 6.59. The van der Waals surface area contributed by atoms with Crippen LogP contribution in [-0.2, 0) is 10.0 Å². The lowest BCUT2D eigenvalue weighted by Gasteiger charge is -2.20. The Morgan fingerprint density at radius 1 is 1.00 bits per heavy atom. The molecule has 0 radical (unpaired) electrons. The first-order chi connectivity index (χ1) is 14.2. The van der Waals surface area contributed by atoms with Crippen molar-refractivity contribution in [2.75, 3.05) is 4.72 Å². The van der Waals surface area contributed by atoms with Crippen molar-refractivity contribution in [3.63, 3.8) is 0 Å². The molecule has 3 rings (SSSR count). The third kappa shape index (κ3) is 5.02. The number of carbonyl (C=O) groups excluding carboxylic acids is 1. The Balaban J connectivity index is 1.73. The average Bonchev–Trinajstić information content (AvgIpc) is 2.67. The summed E-state index contributed by atoms with van der Waals surface area (Å²) < 4.78 is 54.5. The van der Waals surface area contributed by atoms with Gasteiger partial charge in [0, 0.05) is 12.0 Å². The number of nitrogens with one attached hydrogen (secondary N) is 1. The van der Waals surface area contributed by atoms with Gasteiger partial charge in [-0.05, 0) is 30.2 Å². The summed E-state index contributed by atoms with van der Waals surface area (Å²) in [5.74, 6) is -4.29. The van der Waals surface area contributed by atoms with E-state index in [1.54, 1.807) is 0 Å². The van der Waals surface area contributed by atoms with Crippen molar-refractivity contribution in [1.82, 2.24) is 0 Å². The number of benzene rings is 2. The molecule has 2 aromatic rings. The molecule has 30 heavy (non-hydrogen) atoms. The van der Waals surface area contributed by atoms with Gasteiger partial charge < -0.3 is 5.11 Å². The predicted molar refractivity (Wildman–Crippen MR) is 106 cm³/mol. The molecule has 0 bridgehead atoms. The molecule has 0 amide bonds. The highest BCUT2D eigenvalue weighted by Gasteiger charge is 2.22. The summed E-state index contributed by atoms with van der Waals surface area (Å²) >= 11 is 0. The SMILES string of the molecule is O=C(CC1CCCCC1)c1ccc(S(=O)(=O)Nc2cc(F)c(C(=O)O)c(F)c2)cc1. The van der Waals surface area contributed by atoms with Crippen LogP contribution in [-0.4, -0.2) is 25.3 Å². The zero-order valence-corrected chi connectivity index (χ0v) is 16.8. The first-order valence-corrected chi connectivity index (χ1v) is 11.0. The zero-order valence-electron chi connectivity index (χ0n) is 16.0. The lowest BCUT2D eigenvalue weighted by molar-refractivity contribution is 0.0686. The Hall–Kier alpha value is -2.81. The standard InChI is InChI=1S/C21H21F2NO5S/c22-17-11-15(12-18(23)20(17)21(26)27)24-30(28,29)16-8-6-14(7-9-16)19(25)10-13-4-2-1-3-5-13/h6-9,11-13,24H,1-5,10H2,(H,26,27). The molecule has 0 saturated heterocycles. The first kappa shape index (κ1) is 21.9. The van der Waals surface area contributed by atoms with Crippen molar-refractivity contribution >= 4 is 27.5 Å². The summed E-state index contributed by atoms with van der Waals surface area (Å²) in [6.07, 6.45) is 5.91. The van der Waals surface area contributed by atoms with Crippen molar-refractivity contribution in [3.05, 3.63) is 59.2 Å². The van der Waals surface area contributed by atoms with E-state index >= 15 is 0 Å². The van der Waals surface area contributed by atoms with Gasteiger partial charge in [0.15, 0.2) is 5.78 Å². The van der Waals surface area contributed by atoms with E-state index in [1.807, 2.05) is 4.72 Å². The number of carboxylic acids is 1. The van der Waals surface area contributed by atoms with Crippen LogP contribution in [0.5, 0.6) is 0 Å². The number of anilines is 1. The second-order valence-corrected chi connectivity index (χ2v) is 9.06. The number of Topliss-reactive ketones (excluding diaryl/α,β-unsaturated/α-hetero) is 1. The van der Waals surface area contributed by atoms with Crippen LogP contribution in [0.1, 0.15) is 59.2 Å². The molecule has 1 aliphatic rings. The molecule has 1 fully saturated rings. The van der Waals surface area contributed by atoms with Crippen LogP contribution in [0.15, 0.2) is 41.3 Å². The van der Waals surface area contributed by atoms with E-state index in [1.165, 1.54) is 30.7 Å². The molecule has 0 unspecified atom stereocenters. The number of hydrogen-bond donors (Lipinski definition) is 2. The first-order valence-electron chi connectivity index (χ1n) is 9.56. The van der Waals surface area contributed by atoms with Crippen LogP contribution >= 0.6 is 0 Å². The van der Waals surface area contributed by atoms with Gasteiger partial charge in [0.25, 0.3) is 10.0 Å². The summed E-state index contributed by atoms with van der Waals surface area (Å²) in [6.45, 7) is 0. The largest absolute Gasteiger partial charge is 0.477 e. The van der Waals surface area contributed by atoms with Gasteiger partial charge in [0.2, 0.25) is 0 Å². The van der Waals surface area contributed by atoms with Crippen LogP contribution < -0.4 is 4.72 Å². The Labute approximate surface area is 173 Å². The number of carbonyl (C=O) groups is 2. The average molecular weight is 437 g/mol. The van der Waals surface area contributed by atoms with Gasteiger partial charge >= 0.3 is 5.97 Å². The van der Waals surface area contributed by atoms with Crippen LogP contribution in [0.2, 0.25) is 0 Å². The number of sulfonamides is 1. The molecule has 1 aliphatic carbocycles. The van der Waals surface area contributed by atoms with Gasteiger partial charge in [-0.25, -0.2) is 22.0 Å². The minimum absolute atomic E-state index is 0.0489. The normalized spacial score (nSPS) is 15.0. The molecule has 1 saturated carbocycles. The van der Waals surface area contributed by atoms with Gasteiger partial charge in [-0.2, -0.15) is 0 Å². The molecule has 0 aromatic heterocycles. The Morgan fingerprint density at radius 2 is 1.57 bits per heavy atom. The van der Waals surface area contributed by atoms with Crippen molar-refractivity contribution in [3.8, 4) is 0 Å². The molecule has 0 heterocycles. The fourth-order valence-electron chi connectivity index (χ4n) is 3.64. The maximum absolute atomic E-state index is 13.8. The molecule has 0 aliphatic heterocycles. The highest BCUT2D eigenvalue weighted by atomic mass is 32.2. The summed E-state index contributed by atoms with van der Waals surface area (Å²) in [5, 5.41) is 8.78. The molecule has 2 aromatic carbocycles. The maximum atomic E-state index is 13.8. The van der Waals surface area contributed by atoms with Gasteiger partial charge in [-0.1, -0.05) is 44.2 Å². The van der Waals surface area contributed by atoms with Gasteiger partial charge in [0.1, 0.15) is 17.2 Å². The van der Waals surface area contributed by atoms with E-state index in [0.717, 1.165) is 25.7 Å². The van der Waals surface area contributed by atoms with E-state index in [9.17, 15) is 26.8 Å². The van der Waals surface area contributed by atoms with Gasteiger partial charge in [0.05, 0.1) is 10.6 Å². The fourth-order valence-corrected chi connectivity index (χ4v) is 4.68. The van der Waals surface area contributed by atoms with E-state index in [-0.39, 0.29) is 10.7 Å². The molecule has 0 spiro atoms. The third-order valence-electron chi connectivity index (χ3n) is 5.19. The number of aromatic carboxylic acids is 1. The Morgan fingerprint density at radius 3 is 2.10 bits per heavy atom. The second-order valence-electron chi connectivity index (χ2n) is 7.38. The van der Waals surface area contributed by atoms with E-state index in [4.69, 9.17) is 5.11 Å². The quantitative estimate of drug-likeness (QED) is 0.616. The number of carboxylic acid groups (broad SMARTS) is 1. The van der Waals surface area contributed by atoms with Gasteiger partial charge in [-0.15, -0.1) is 0 Å². The highest BCUT2D eigenvalue weighted by Crippen LogP contribution is 2.28. The smallest absolute Gasteiger partial charge is 0.341 e. The van der Waals surface area contributed by atoms with Crippen LogP contribution in [0, 0.1) is 17.6 Å². The minimum atomic E-state index is -4.19. The number of halogens is 2.